The molecule has 0 bridgehead atoms. The van der Waals surface area contributed by atoms with Crippen molar-refractivity contribution in [2.45, 2.75) is 37.1 Å². The van der Waals surface area contributed by atoms with Gasteiger partial charge in [0.1, 0.15) is 4.90 Å². The Kier molecular flexibility index (Phi) is 6.79. The Balaban J connectivity index is 1.36. The third kappa shape index (κ3) is 5.00. The minimum absolute atomic E-state index is 0.0297. The summed E-state index contributed by atoms with van der Waals surface area (Å²) in [4.78, 5) is 18.1. The molecule has 6 rings (SSSR count). The fourth-order valence-corrected chi connectivity index (χ4v) is 6.44. The number of hydrogen-bond acceptors (Lipinski definition) is 8. The van der Waals surface area contributed by atoms with Crippen molar-refractivity contribution in [2.75, 3.05) is 23.1 Å². The molecule has 3 aromatic heterocycles. The molecule has 2 aromatic carbocycles. The molecular weight excluding hydrogens is 536 g/mol. The fourth-order valence-electron chi connectivity index (χ4n) is 4.91. The number of halogens is 1. The van der Waals surface area contributed by atoms with Gasteiger partial charge in [-0.1, -0.05) is 30.7 Å². The molecular formula is C27H27ClN8O2S. The van der Waals surface area contributed by atoms with E-state index in [1.807, 2.05) is 16.7 Å². The van der Waals surface area contributed by atoms with Gasteiger partial charge in [-0.05, 0) is 55.6 Å². The predicted molar refractivity (Wildman–Crippen MR) is 153 cm³/mol. The number of piperidine rings is 1. The summed E-state index contributed by atoms with van der Waals surface area (Å²) < 4.78 is 30.4. The third-order valence-electron chi connectivity index (χ3n) is 6.85. The number of aryl methyl sites for hydroxylation is 1. The number of nitrogens with zero attached hydrogens (tertiary/aromatic N) is 5. The summed E-state index contributed by atoms with van der Waals surface area (Å²) in [6, 6.07) is 10.7. The van der Waals surface area contributed by atoms with E-state index in [2.05, 4.69) is 43.3 Å². The first kappa shape index (κ1) is 25.5. The monoisotopic (exact) mass is 562 g/mol. The number of rotatable bonds is 7. The number of sulfonamides is 1. The van der Waals surface area contributed by atoms with E-state index in [4.69, 9.17) is 16.6 Å². The van der Waals surface area contributed by atoms with Gasteiger partial charge in [0, 0.05) is 42.1 Å². The number of nitrogens with one attached hydrogen (secondary N) is 3. The molecule has 1 fully saturated rings. The SMILES string of the molecule is CCc1cc(-c2cnc3c(NS(=O)(=O)c4ccccc4Cl)nccn23)cc2cnc(N[C@H]3CCCNC3)nc12. The Bertz CT molecular complexity index is 1780. The van der Waals surface area contributed by atoms with Crippen molar-refractivity contribution in [1.82, 2.24) is 29.7 Å². The largest absolute Gasteiger partial charge is 0.350 e. The number of benzene rings is 2. The van der Waals surface area contributed by atoms with Gasteiger partial charge in [-0.15, -0.1) is 0 Å². The van der Waals surface area contributed by atoms with Crippen LogP contribution in [-0.4, -0.2) is 51.9 Å². The summed E-state index contributed by atoms with van der Waals surface area (Å²) in [6.07, 6.45) is 9.84. The highest BCUT2D eigenvalue weighted by Crippen LogP contribution is 2.30. The van der Waals surface area contributed by atoms with Gasteiger partial charge in [0.15, 0.2) is 11.5 Å². The summed E-state index contributed by atoms with van der Waals surface area (Å²) in [5.74, 6) is 0.742. The van der Waals surface area contributed by atoms with Crippen molar-refractivity contribution in [2.24, 2.45) is 0 Å². The van der Waals surface area contributed by atoms with E-state index in [1.165, 1.54) is 18.3 Å². The Morgan fingerprint density at radius 3 is 2.82 bits per heavy atom. The van der Waals surface area contributed by atoms with Crippen molar-refractivity contribution in [3.05, 3.63) is 71.8 Å². The van der Waals surface area contributed by atoms with E-state index in [1.54, 1.807) is 24.5 Å². The van der Waals surface area contributed by atoms with Crippen molar-refractivity contribution in [3.63, 3.8) is 0 Å². The zero-order chi connectivity index (χ0) is 27.0. The fraction of sp³-hybridized carbons (Fsp3) is 0.259. The third-order valence-corrected chi connectivity index (χ3v) is 8.69. The number of anilines is 2. The number of imidazole rings is 1. The van der Waals surface area contributed by atoms with Gasteiger partial charge in [-0.2, -0.15) is 0 Å². The van der Waals surface area contributed by atoms with Gasteiger partial charge in [0.2, 0.25) is 5.95 Å². The molecule has 39 heavy (non-hydrogen) atoms. The van der Waals surface area contributed by atoms with Crippen LogP contribution in [0, 0.1) is 0 Å². The first-order valence-electron chi connectivity index (χ1n) is 12.8. The lowest BCUT2D eigenvalue weighted by Crippen LogP contribution is -2.38. The van der Waals surface area contributed by atoms with Crippen LogP contribution in [-0.2, 0) is 16.4 Å². The molecule has 0 amide bonds. The zero-order valence-electron chi connectivity index (χ0n) is 21.2. The maximum atomic E-state index is 13.0. The Hall–Kier alpha value is -3.80. The minimum Gasteiger partial charge on any atom is -0.350 e. The van der Waals surface area contributed by atoms with Crippen LogP contribution in [0.3, 0.4) is 0 Å². The summed E-state index contributed by atoms with van der Waals surface area (Å²) >= 11 is 6.13. The second-order valence-corrected chi connectivity index (χ2v) is 11.5. The normalized spacial score (nSPS) is 16.0. The molecule has 1 saturated heterocycles. The molecule has 0 unspecified atom stereocenters. The topological polar surface area (TPSA) is 126 Å². The molecule has 3 N–H and O–H groups in total. The molecule has 4 heterocycles. The van der Waals surface area contributed by atoms with Crippen LogP contribution in [0.5, 0.6) is 0 Å². The molecule has 0 saturated carbocycles. The van der Waals surface area contributed by atoms with Gasteiger partial charge < -0.3 is 10.6 Å². The van der Waals surface area contributed by atoms with Crippen molar-refractivity contribution >= 4 is 49.9 Å². The van der Waals surface area contributed by atoms with Gasteiger partial charge >= 0.3 is 0 Å². The van der Waals surface area contributed by atoms with Crippen LogP contribution in [0.4, 0.5) is 11.8 Å². The lowest BCUT2D eigenvalue weighted by molar-refractivity contribution is 0.478. The maximum absolute atomic E-state index is 13.0. The van der Waals surface area contributed by atoms with Crippen molar-refractivity contribution in [3.8, 4) is 11.3 Å². The second kappa shape index (κ2) is 10.4. The van der Waals surface area contributed by atoms with Gasteiger partial charge in [-0.25, -0.2) is 28.4 Å². The van der Waals surface area contributed by atoms with Crippen molar-refractivity contribution < 1.29 is 8.42 Å². The number of aromatic nitrogens is 5. The molecule has 0 spiro atoms. The molecule has 12 heteroatoms. The molecule has 1 atom stereocenters. The highest BCUT2D eigenvalue weighted by Gasteiger charge is 2.21. The second-order valence-electron chi connectivity index (χ2n) is 9.46. The Morgan fingerprint density at radius 2 is 2.03 bits per heavy atom. The smallest absolute Gasteiger partial charge is 0.264 e. The average molecular weight is 563 g/mol. The summed E-state index contributed by atoms with van der Waals surface area (Å²) in [6.45, 7) is 4.05. The summed E-state index contributed by atoms with van der Waals surface area (Å²) in [5, 5.41) is 7.91. The van der Waals surface area contributed by atoms with Gasteiger partial charge in [0.25, 0.3) is 10.0 Å². The molecule has 200 valence electrons. The predicted octanol–water partition coefficient (Wildman–Crippen LogP) is 4.52. The van der Waals surface area contributed by atoms with Crippen molar-refractivity contribution in [1.29, 1.82) is 0 Å². The van der Waals surface area contributed by atoms with Crippen LogP contribution < -0.4 is 15.4 Å². The molecule has 0 aliphatic carbocycles. The van der Waals surface area contributed by atoms with E-state index in [0.717, 1.165) is 60.1 Å². The summed E-state index contributed by atoms with van der Waals surface area (Å²) in [5.41, 5.74) is 4.07. The number of hydrogen-bond donors (Lipinski definition) is 3. The lowest BCUT2D eigenvalue weighted by Gasteiger charge is -2.23. The molecule has 1 aliphatic heterocycles. The highest BCUT2D eigenvalue weighted by molar-refractivity contribution is 7.92. The Labute approximate surface area is 230 Å². The van der Waals surface area contributed by atoms with Crippen LogP contribution >= 0.6 is 11.6 Å². The van der Waals surface area contributed by atoms with E-state index in [9.17, 15) is 8.42 Å². The average Bonchev–Trinajstić information content (AvgIpc) is 3.38. The Morgan fingerprint density at radius 1 is 1.15 bits per heavy atom. The van der Waals surface area contributed by atoms with Gasteiger partial charge in [-0.3, -0.25) is 9.12 Å². The van der Waals surface area contributed by atoms with E-state index in [0.29, 0.717) is 17.6 Å². The molecule has 0 radical (unpaired) electrons. The maximum Gasteiger partial charge on any atom is 0.264 e. The molecule has 1 aliphatic rings. The van der Waals surface area contributed by atoms with Crippen LogP contribution in [0.15, 0.2) is 66.1 Å². The highest BCUT2D eigenvalue weighted by atomic mass is 35.5. The first-order chi connectivity index (χ1) is 18.9. The molecule has 10 nitrogen and oxygen atoms in total. The lowest BCUT2D eigenvalue weighted by atomic mass is 10.0. The van der Waals surface area contributed by atoms with Crippen LogP contribution in [0.25, 0.3) is 27.8 Å². The quantitative estimate of drug-likeness (QED) is 0.264. The summed E-state index contributed by atoms with van der Waals surface area (Å²) in [7, 11) is -3.97. The van der Waals surface area contributed by atoms with Gasteiger partial charge in [0.05, 0.1) is 22.4 Å². The first-order valence-corrected chi connectivity index (χ1v) is 14.7. The van der Waals surface area contributed by atoms with E-state index < -0.39 is 10.0 Å². The zero-order valence-corrected chi connectivity index (χ0v) is 22.8. The number of fused-ring (bicyclic) bond motifs is 2. The van der Waals surface area contributed by atoms with E-state index in [-0.39, 0.29) is 15.7 Å². The minimum atomic E-state index is -3.97. The molecule has 5 aromatic rings. The van der Waals surface area contributed by atoms with Crippen LogP contribution in [0.1, 0.15) is 25.3 Å². The standard InChI is InChI=1S/C27H27ClN8O2S/c1-2-17-12-18(13-19-14-32-27(34-24(17)19)33-20-6-5-9-29-15-20)22-16-31-26-25(30-10-11-36(22)26)35-39(37,38)23-8-4-3-7-21(23)28/h3-4,7-8,10-14,16,20,29H,2,5-6,9,15H2,1H3,(H,30,35)(H,32,33,34)/t20-/m0/s1. The van der Waals surface area contributed by atoms with E-state index >= 15 is 0 Å². The van der Waals surface area contributed by atoms with Crippen LogP contribution in [0.2, 0.25) is 5.02 Å².